The summed E-state index contributed by atoms with van der Waals surface area (Å²) < 4.78 is 2.38. The van der Waals surface area contributed by atoms with Crippen LogP contribution in [-0.2, 0) is 6.54 Å². The van der Waals surface area contributed by atoms with Crippen molar-refractivity contribution in [2.75, 3.05) is 7.05 Å². The summed E-state index contributed by atoms with van der Waals surface area (Å²) in [5.41, 5.74) is 2.40. The molecule has 1 aliphatic carbocycles. The molecule has 102 valence electrons. The molecule has 0 spiro atoms. The molecular weight excluding hydrogens is 234 g/mol. The van der Waals surface area contributed by atoms with Gasteiger partial charge >= 0.3 is 0 Å². The molecule has 0 saturated heterocycles. The van der Waals surface area contributed by atoms with E-state index in [9.17, 15) is 0 Å². The SMILES string of the molecule is CNC1CCCC1CCn1c(C)nc2ccccc21. The van der Waals surface area contributed by atoms with Gasteiger partial charge in [-0.15, -0.1) is 0 Å². The maximum absolute atomic E-state index is 4.64. The molecule has 1 fully saturated rings. The zero-order chi connectivity index (χ0) is 13.2. The summed E-state index contributed by atoms with van der Waals surface area (Å²) in [6.45, 7) is 3.21. The second kappa shape index (κ2) is 5.33. The molecule has 1 heterocycles. The number of nitrogens with zero attached hydrogens (tertiary/aromatic N) is 2. The molecule has 1 saturated carbocycles. The van der Waals surface area contributed by atoms with Gasteiger partial charge in [-0.2, -0.15) is 0 Å². The molecule has 19 heavy (non-hydrogen) atoms. The first-order valence-electron chi connectivity index (χ1n) is 7.38. The van der Waals surface area contributed by atoms with Crippen LogP contribution in [0.4, 0.5) is 0 Å². The van der Waals surface area contributed by atoms with Crippen LogP contribution in [0.2, 0.25) is 0 Å². The molecule has 0 aliphatic heterocycles. The van der Waals surface area contributed by atoms with Gasteiger partial charge in [0.15, 0.2) is 0 Å². The molecule has 2 aromatic rings. The Labute approximate surface area is 115 Å². The number of hydrogen-bond acceptors (Lipinski definition) is 2. The number of aromatic nitrogens is 2. The number of benzene rings is 1. The number of rotatable bonds is 4. The highest BCUT2D eigenvalue weighted by Crippen LogP contribution is 2.29. The number of aryl methyl sites for hydroxylation is 2. The maximum Gasteiger partial charge on any atom is 0.106 e. The quantitative estimate of drug-likeness (QED) is 0.912. The van der Waals surface area contributed by atoms with Crippen molar-refractivity contribution in [3.05, 3.63) is 30.1 Å². The second-order valence-corrected chi connectivity index (χ2v) is 5.67. The standard InChI is InChI=1S/C16H23N3/c1-12-18-15-7-3-4-9-16(15)19(12)11-10-13-6-5-8-14(13)17-2/h3-4,7,9,13-14,17H,5-6,8,10-11H2,1-2H3. The fraction of sp³-hybridized carbons (Fsp3) is 0.562. The topological polar surface area (TPSA) is 29.9 Å². The van der Waals surface area contributed by atoms with Crippen molar-refractivity contribution in [2.24, 2.45) is 5.92 Å². The predicted molar refractivity (Wildman–Crippen MR) is 79.3 cm³/mol. The van der Waals surface area contributed by atoms with Gasteiger partial charge in [-0.25, -0.2) is 4.98 Å². The molecular formula is C16H23N3. The molecule has 0 amide bonds. The first kappa shape index (κ1) is 12.7. The molecule has 1 aromatic heterocycles. The van der Waals surface area contributed by atoms with E-state index in [1.54, 1.807) is 0 Å². The van der Waals surface area contributed by atoms with Gasteiger partial charge < -0.3 is 9.88 Å². The number of nitrogens with one attached hydrogen (secondary N) is 1. The number of para-hydroxylation sites is 2. The lowest BCUT2D eigenvalue weighted by Gasteiger charge is -2.19. The van der Waals surface area contributed by atoms with E-state index in [1.165, 1.54) is 31.2 Å². The molecule has 2 atom stereocenters. The summed E-state index contributed by atoms with van der Waals surface area (Å²) in [6, 6.07) is 9.17. The van der Waals surface area contributed by atoms with E-state index in [1.807, 2.05) is 0 Å². The van der Waals surface area contributed by atoms with E-state index in [2.05, 4.69) is 53.1 Å². The van der Waals surface area contributed by atoms with Gasteiger partial charge in [0.1, 0.15) is 5.82 Å². The van der Waals surface area contributed by atoms with Crippen molar-refractivity contribution >= 4 is 11.0 Å². The summed E-state index contributed by atoms with van der Waals surface area (Å²) in [5, 5.41) is 3.47. The van der Waals surface area contributed by atoms with Gasteiger partial charge in [-0.1, -0.05) is 18.6 Å². The van der Waals surface area contributed by atoms with Gasteiger partial charge in [0.2, 0.25) is 0 Å². The minimum atomic E-state index is 0.718. The highest BCUT2D eigenvalue weighted by atomic mass is 15.1. The highest BCUT2D eigenvalue weighted by Gasteiger charge is 2.25. The number of fused-ring (bicyclic) bond motifs is 1. The first-order valence-corrected chi connectivity index (χ1v) is 7.38. The summed E-state index contributed by atoms with van der Waals surface area (Å²) in [7, 11) is 2.10. The van der Waals surface area contributed by atoms with Crippen LogP contribution in [0.15, 0.2) is 24.3 Å². The highest BCUT2D eigenvalue weighted by molar-refractivity contribution is 5.75. The molecule has 3 rings (SSSR count). The minimum absolute atomic E-state index is 0.718. The van der Waals surface area contributed by atoms with Crippen molar-refractivity contribution in [3.8, 4) is 0 Å². The Kier molecular flexibility index (Phi) is 3.56. The predicted octanol–water partition coefficient (Wildman–Crippen LogP) is 3.12. The molecule has 1 aliphatic rings. The zero-order valence-electron chi connectivity index (χ0n) is 11.9. The first-order chi connectivity index (χ1) is 9.29. The third-order valence-corrected chi connectivity index (χ3v) is 4.60. The lowest BCUT2D eigenvalue weighted by atomic mass is 9.99. The molecule has 2 unspecified atom stereocenters. The number of hydrogen-bond donors (Lipinski definition) is 1. The zero-order valence-corrected chi connectivity index (χ0v) is 11.9. The Bertz CT molecular complexity index is 558. The van der Waals surface area contributed by atoms with E-state index in [0.29, 0.717) is 0 Å². The monoisotopic (exact) mass is 257 g/mol. The van der Waals surface area contributed by atoms with Crippen LogP contribution in [0.3, 0.4) is 0 Å². The Balaban J connectivity index is 1.76. The van der Waals surface area contributed by atoms with Crippen LogP contribution in [0, 0.1) is 12.8 Å². The van der Waals surface area contributed by atoms with Crippen LogP contribution in [0.1, 0.15) is 31.5 Å². The van der Waals surface area contributed by atoms with Gasteiger partial charge in [-0.3, -0.25) is 0 Å². The summed E-state index contributed by atoms with van der Waals surface area (Å²) in [5.74, 6) is 1.96. The Morgan fingerprint density at radius 2 is 2.16 bits per heavy atom. The van der Waals surface area contributed by atoms with Crippen LogP contribution in [0.5, 0.6) is 0 Å². The molecule has 3 nitrogen and oxygen atoms in total. The molecule has 3 heteroatoms. The van der Waals surface area contributed by atoms with Crippen molar-refractivity contribution in [3.63, 3.8) is 0 Å². The third-order valence-electron chi connectivity index (χ3n) is 4.60. The lowest BCUT2D eigenvalue weighted by molar-refractivity contribution is 0.378. The minimum Gasteiger partial charge on any atom is -0.328 e. The van der Waals surface area contributed by atoms with Crippen molar-refractivity contribution in [2.45, 2.75) is 45.2 Å². The average Bonchev–Trinajstić information content (AvgIpc) is 2.99. The second-order valence-electron chi connectivity index (χ2n) is 5.67. The maximum atomic E-state index is 4.64. The van der Waals surface area contributed by atoms with E-state index >= 15 is 0 Å². The van der Waals surface area contributed by atoms with Crippen LogP contribution >= 0.6 is 0 Å². The van der Waals surface area contributed by atoms with Crippen molar-refractivity contribution in [1.82, 2.24) is 14.9 Å². The van der Waals surface area contributed by atoms with Crippen LogP contribution in [0.25, 0.3) is 11.0 Å². The van der Waals surface area contributed by atoms with Crippen LogP contribution in [-0.4, -0.2) is 22.6 Å². The molecule has 1 aromatic carbocycles. The average molecular weight is 257 g/mol. The summed E-state index contributed by atoms with van der Waals surface area (Å²) in [4.78, 5) is 4.64. The lowest BCUT2D eigenvalue weighted by Crippen LogP contribution is -2.29. The summed E-state index contributed by atoms with van der Waals surface area (Å²) in [6.07, 6.45) is 5.34. The largest absolute Gasteiger partial charge is 0.328 e. The molecule has 0 radical (unpaired) electrons. The molecule has 1 N–H and O–H groups in total. The van der Waals surface area contributed by atoms with Crippen LogP contribution < -0.4 is 5.32 Å². The fourth-order valence-corrected chi connectivity index (χ4v) is 3.54. The summed E-state index contributed by atoms with van der Waals surface area (Å²) >= 11 is 0. The Morgan fingerprint density at radius 1 is 1.32 bits per heavy atom. The molecule has 0 bridgehead atoms. The van der Waals surface area contributed by atoms with Crippen molar-refractivity contribution in [1.29, 1.82) is 0 Å². The smallest absolute Gasteiger partial charge is 0.106 e. The Morgan fingerprint density at radius 3 is 3.00 bits per heavy atom. The van der Waals surface area contributed by atoms with Crippen molar-refractivity contribution < 1.29 is 0 Å². The fourth-order valence-electron chi connectivity index (χ4n) is 3.54. The Hall–Kier alpha value is -1.35. The van der Waals surface area contributed by atoms with Gasteiger partial charge in [-0.05, 0) is 51.3 Å². The van der Waals surface area contributed by atoms with Gasteiger partial charge in [0.25, 0.3) is 0 Å². The van der Waals surface area contributed by atoms with E-state index in [-0.39, 0.29) is 0 Å². The number of imidazole rings is 1. The third kappa shape index (κ3) is 2.39. The van der Waals surface area contributed by atoms with Gasteiger partial charge in [0, 0.05) is 12.6 Å². The van der Waals surface area contributed by atoms with E-state index in [4.69, 9.17) is 0 Å². The van der Waals surface area contributed by atoms with E-state index < -0.39 is 0 Å². The normalized spacial score (nSPS) is 23.3. The van der Waals surface area contributed by atoms with E-state index in [0.717, 1.165) is 29.8 Å². The van der Waals surface area contributed by atoms with Gasteiger partial charge in [0.05, 0.1) is 11.0 Å².